The average Bonchev–Trinajstić information content (AvgIpc) is 1.33. The molecule has 0 amide bonds. The summed E-state index contributed by atoms with van der Waals surface area (Å²) in [5.41, 5.74) is 0. The van der Waals surface area contributed by atoms with E-state index in [1.54, 1.807) is 0 Å². The molecule has 0 N–H and O–H groups in total. The number of hydrogen-bond acceptors (Lipinski definition) is 6. The van der Waals surface area contributed by atoms with E-state index in [0.717, 1.165) is 0 Å². The molecule has 0 fully saturated rings. The second-order valence-corrected chi connectivity index (χ2v) is 4.41. The minimum atomic E-state index is -7.94. The fraction of sp³-hybridized carbons (Fsp3) is 0. The Hall–Kier alpha value is 0.462. The molecule has 45 valence electrons. The summed E-state index contributed by atoms with van der Waals surface area (Å²) in [4.78, 5) is 0. The fourth-order valence-electron chi connectivity index (χ4n) is 0. The summed E-state index contributed by atoms with van der Waals surface area (Å²) in [5.74, 6) is 0. The van der Waals surface area contributed by atoms with Crippen LogP contribution in [0.5, 0.6) is 0 Å². The first kappa shape index (κ1) is 11.3. The van der Waals surface area contributed by atoms with E-state index < -0.39 is 15.7 Å². The molecule has 0 spiro atoms. The Balaban J connectivity index is 0. The maximum absolute atomic E-state index is 8.66. The van der Waals surface area contributed by atoms with E-state index in [1.807, 2.05) is 0 Å². The molecule has 0 saturated carbocycles. The zero-order valence-corrected chi connectivity index (χ0v) is 9.48. The molecule has 0 aromatic rings. The molecule has 8 heavy (non-hydrogen) atoms. The predicted molar refractivity (Wildman–Crippen MR) is 9.87 cm³/mol. The first-order valence-electron chi connectivity index (χ1n) is 1.12. The van der Waals surface area contributed by atoms with E-state index in [2.05, 4.69) is 0 Å². The fourth-order valence-corrected chi connectivity index (χ4v) is 0. The van der Waals surface area contributed by atoms with E-state index in [9.17, 15) is 0 Å². The molecule has 0 bridgehead atoms. The second-order valence-electron chi connectivity index (χ2n) is 0.745. The van der Waals surface area contributed by atoms with E-state index in [-0.39, 0.29) is 25.8 Å². The molecular weight excluding hydrogens is 396 g/mol. The summed E-state index contributed by atoms with van der Waals surface area (Å²) in [6.07, 6.45) is 0. The van der Waals surface area contributed by atoms with Gasteiger partial charge in [-0.1, -0.05) is 0 Å². The van der Waals surface area contributed by atoms with Gasteiger partial charge in [0.2, 0.25) is 0 Å². The van der Waals surface area contributed by atoms with E-state index in [4.69, 9.17) is 18.9 Å². The zero-order chi connectivity index (χ0) is 7.45. The van der Waals surface area contributed by atoms with Gasteiger partial charge in [-0.15, -0.1) is 0 Å². The molecular formula is NbO6Pb. The summed E-state index contributed by atoms with van der Waals surface area (Å²) in [7, 11) is 0. The van der Waals surface area contributed by atoms with E-state index in [0.29, 0.717) is 0 Å². The van der Waals surface area contributed by atoms with Crippen LogP contribution >= 0.6 is 0 Å². The first-order valence-corrected chi connectivity index (χ1v) is 7.19. The van der Waals surface area contributed by atoms with Crippen molar-refractivity contribution >= 4 is 25.8 Å². The van der Waals surface area contributed by atoms with Gasteiger partial charge in [0.15, 0.2) is 0 Å². The third-order valence-corrected chi connectivity index (χ3v) is 0. The van der Waals surface area contributed by atoms with Crippen LogP contribution in [0.15, 0.2) is 0 Å². The summed E-state index contributed by atoms with van der Waals surface area (Å²) in [6.45, 7) is 0. The van der Waals surface area contributed by atoms with Crippen molar-refractivity contribution in [2.75, 3.05) is 0 Å². The van der Waals surface area contributed by atoms with Gasteiger partial charge in [-0.2, -0.15) is 0 Å². The number of hydrogen-bond donors (Lipinski definition) is 0. The topological polar surface area (TPSA) is 102 Å². The van der Waals surface area contributed by atoms with Crippen molar-refractivity contribution in [1.82, 2.24) is 0 Å². The van der Waals surface area contributed by atoms with Crippen LogP contribution in [0, 0.1) is 0 Å². The maximum atomic E-state index is 8.66. The quantitative estimate of drug-likeness (QED) is 0.482. The van der Waals surface area contributed by atoms with Gasteiger partial charge in [-0.3, -0.25) is 0 Å². The van der Waals surface area contributed by atoms with Gasteiger partial charge in [0.25, 0.3) is 0 Å². The van der Waals surface area contributed by atoms with Crippen molar-refractivity contribution in [3.8, 4) is 0 Å². The van der Waals surface area contributed by atoms with Crippen LogP contribution in [0.1, 0.15) is 0 Å². The van der Waals surface area contributed by atoms with Crippen molar-refractivity contribution in [2.24, 2.45) is 0 Å². The van der Waals surface area contributed by atoms with Crippen molar-refractivity contribution in [2.45, 2.75) is 0 Å². The van der Waals surface area contributed by atoms with Crippen LogP contribution in [0.4, 0.5) is 0 Å². The summed E-state index contributed by atoms with van der Waals surface area (Å²) >= 11 is -7.88. The number of rotatable bonds is 0. The van der Waals surface area contributed by atoms with Gasteiger partial charge >= 0.3 is 60.4 Å². The molecule has 0 aromatic carbocycles. The molecule has 8 heteroatoms. The Morgan fingerprint density at radius 3 is 0.750 bits per heavy atom. The van der Waals surface area contributed by atoms with E-state index in [1.165, 1.54) is 0 Å². The van der Waals surface area contributed by atoms with Gasteiger partial charge in [-0.25, -0.2) is 0 Å². The van der Waals surface area contributed by atoms with Crippen LogP contribution in [-0.4, -0.2) is 25.8 Å². The van der Waals surface area contributed by atoms with Crippen molar-refractivity contribution < 1.29 is 34.6 Å². The van der Waals surface area contributed by atoms with E-state index >= 15 is 0 Å². The minimum absolute atomic E-state index is 0.0556. The molecule has 0 aliphatic rings. The van der Waals surface area contributed by atoms with Crippen molar-refractivity contribution in [3.63, 3.8) is 0 Å². The van der Waals surface area contributed by atoms with Gasteiger partial charge in [0.05, 0.1) is 0 Å². The third kappa shape index (κ3) is 902. The van der Waals surface area contributed by atoms with Crippen LogP contribution in [-0.2, 0) is 34.6 Å². The summed E-state index contributed by atoms with van der Waals surface area (Å²) < 4.78 is 51.7. The molecule has 2 radical (unpaired) electrons. The van der Waals surface area contributed by atoms with Crippen LogP contribution in [0.3, 0.4) is 0 Å². The molecule has 6 nitrogen and oxygen atoms in total. The monoisotopic (exact) mass is 397 g/mol. The zero-order valence-electron chi connectivity index (χ0n) is 3.40. The average molecular weight is 396 g/mol. The standard InChI is InChI=1S/Nb.6O.Pb. The van der Waals surface area contributed by atoms with Gasteiger partial charge < -0.3 is 0 Å². The first-order chi connectivity index (χ1) is 3.24. The molecule has 0 atom stereocenters. The summed E-state index contributed by atoms with van der Waals surface area (Å²) in [5, 5.41) is 0. The molecule has 0 aromatic heterocycles. The molecule has 0 aliphatic heterocycles. The van der Waals surface area contributed by atoms with Crippen LogP contribution in [0.25, 0.3) is 0 Å². The summed E-state index contributed by atoms with van der Waals surface area (Å²) in [6, 6.07) is 0. The molecule has 0 rings (SSSR count). The Kier molecular flexibility index (Phi) is 4.02. The van der Waals surface area contributed by atoms with Crippen LogP contribution < -0.4 is 0 Å². The van der Waals surface area contributed by atoms with Gasteiger partial charge in [-0.05, 0) is 0 Å². The predicted octanol–water partition coefficient (Wildman–Crippen LogP) is -1.10. The van der Waals surface area contributed by atoms with Gasteiger partial charge in [0, 0.05) is 0 Å². The van der Waals surface area contributed by atoms with Crippen molar-refractivity contribution in [1.29, 1.82) is 0 Å². The SMILES string of the molecule is [O]=[Nb](=[O])(=[O])(=[O])=[O].[O]=[Pb]. The molecule has 0 aliphatic carbocycles. The molecule has 0 saturated heterocycles. The Labute approximate surface area is 60.0 Å². The molecule has 0 heterocycles. The van der Waals surface area contributed by atoms with Crippen LogP contribution in [0.2, 0.25) is 0 Å². The third-order valence-electron chi connectivity index (χ3n) is 0. The Morgan fingerprint density at radius 1 is 0.750 bits per heavy atom. The normalized spacial score (nSPS) is 8.00. The molecule has 0 unspecified atom stereocenters. The van der Waals surface area contributed by atoms with Gasteiger partial charge in [0.1, 0.15) is 0 Å². The Morgan fingerprint density at radius 2 is 0.750 bits per heavy atom. The second kappa shape index (κ2) is 2.85. The Bertz CT molecular complexity index is 292. The van der Waals surface area contributed by atoms with Crippen molar-refractivity contribution in [3.05, 3.63) is 0 Å².